The van der Waals surface area contributed by atoms with Crippen molar-refractivity contribution in [2.45, 2.75) is 0 Å². The molecular formula is C18H19N5O. The molecule has 0 atom stereocenters. The van der Waals surface area contributed by atoms with Crippen LogP contribution in [-0.4, -0.2) is 24.1 Å². The van der Waals surface area contributed by atoms with Crippen molar-refractivity contribution in [2.75, 3.05) is 6.54 Å². The van der Waals surface area contributed by atoms with E-state index >= 15 is 0 Å². The number of hydrogen-bond donors (Lipinski definition) is 5. The minimum atomic E-state index is -0.202. The summed E-state index contributed by atoms with van der Waals surface area (Å²) in [4.78, 5) is 12.0. The molecule has 0 saturated carbocycles. The van der Waals surface area contributed by atoms with Gasteiger partial charge in [-0.05, 0) is 23.8 Å². The summed E-state index contributed by atoms with van der Waals surface area (Å²) in [5, 5.41) is 17.5. The number of carbonyl (C=O) groups excluding carboxylic acids is 1. The van der Waals surface area contributed by atoms with Gasteiger partial charge in [-0.15, -0.1) is 0 Å². The van der Waals surface area contributed by atoms with Crippen molar-refractivity contribution in [3.63, 3.8) is 0 Å². The van der Waals surface area contributed by atoms with Crippen LogP contribution in [0.25, 0.3) is 6.08 Å². The molecule has 1 amide bonds. The third-order valence-corrected chi connectivity index (χ3v) is 3.35. The number of amidine groups is 2. The molecule has 0 bridgehead atoms. The average molecular weight is 321 g/mol. The van der Waals surface area contributed by atoms with Gasteiger partial charge in [-0.1, -0.05) is 42.5 Å². The molecular weight excluding hydrogens is 302 g/mol. The molecule has 0 heterocycles. The zero-order valence-corrected chi connectivity index (χ0v) is 13.0. The van der Waals surface area contributed by atoms with Crippen LogP contribution in [0.3, 0.4) is 0 Å². The van der Waals surface area contributed by atoms with E-state index in [9.17, 15) is 4.79 Å². The van der Waals surface area contributed by atoms with Gasteiger partial charge in [0.15, 0.2) is 0 Å². The van der Waals surface area contributed by atoms with Gasteiger partial charge in [-0.25, -0.2) is 0 Å². The van der Waals surface area contributed by atoms with Crippen molar-refractivity contribution in [3.05, 3.63) is 76.9 Å². The zero-order valence-electron chi connectivity index (χ0n) is 13.0. The molecule has 0 aliphatic heterocycles. The van der Waals surface area contributed by atoms with Gasteiger partial charge in [0, 0.05) is 23.2 Å². The third-order valence-electron chi connectivity index (χ3n) is 3.35. The highest BCUT2D eigenvalue weighted by Crippen LogP contribution is 2.07. The highest BCUT2D eigenvalue weighted by Gasteiger charge is 2.04. The number of hydrogen-bond acceptors (Lipinski definition) is 3. The largest absolute Gasteiger partial charge is 0.384 e. The van der Waals surface area contributed by atoms with Gasteiger partial charge in [-0.2, -0.15) is 0 Å². The van der Waals surface area contributed by atoms with Crippen molar-refractivity contribution in [3.8, 4) is 0 Å². The molecule has 6 nitrogen and oxygen atoms in total. The summed E-state index contributed by atoms with van der Waals surface area (Å²) in [6, 6.07) is 13.8. The molecule has 0 fully saturated rings. The van der Waals surface area contributed by atoms with Gasteiger partial charge in [0.1, 0.15) is 11.7 Å². The fourth-order valence-electron chi connectivity index (χ4n) is 2.06. The van der Waals surface area contributed by atoms with E-state index in [0.29, 0.717) is 23.2 Å². The van der Waals surface area contributed by atoms with E-state index in [2.05, 4.69) is 5.32 Å². The predicted octanol–water partition coefficient (Wildman–Crippen LogP) is 1.70. The van der Waals surface area contributed by atoms with E-state index < -0.39 is 0 Å². The van der Waals surface area contributed by atoms with Gasteiger partial charge in [0.2, 0.25) is 0 Å². The van der Waals surface area contributed by atoms with E-state index in [1.807, 2.05) is 24.3 Å². The first kappa shape index (κ1) is 17.0. The average Bonchev–Trinajstić information content (AvgIpc) is 2.59. The second-order valence-electron chi connectivity index (χ2n) is 5.14. The summed E-state index contributed by atoms with van der Waals surface area (Å²) in [6.45, 7) is 0.373. The third kappa shape index (κ3) is 4.54. The van der Waals surface area contributed by atoms with E-state index in [1.54, 1.807) is 36.4 Å². The quantitative estimate of drug-likeness (QED) is 0.410. The molecule has 0 spiro atoms. The first-order chi connectivity index (χ1) is 11.5. The lowest BCUT2D eigenvalue weighted by Crippen LogP contribution is -2.23. The van der Waals surface area contributed by atoms with Crippen LogP contribution in [0.5, 0.6) is 0 Å². The maximum absolute atomic E-state index is 12.0. The lowest BCUT2D eigenvalue weighted by molar-refractivity contribution is 0.0958. The highest BCUT2D eigenvalue weighted by atomic mass is 16.1. The van der Waals surface area contributed by atoms with Crippen molar-refractivity contribution in [1.29, 1.82) is 10.8 Å². The second kappa shape index (κ2) is 7.73. The second-order valence-corrected chi connectivity index (χ2v) is 5.14. The fourth-order valence-corrected chi connectivity index (χ4v) is 2.06. The van der Waals surface area contributed by atoms with Crippen molar-refractivity contribution >= 4 is 23.7 Å². The molecule has 0 saturated heterocycles. The lowest BCUT2D eigenvalue weighted by atomic mass is 10.1. The Morgan fingerprint density at radius 3 is 2.21 bits per heavy atom. The van der Waals surface area contributed by atoms with E-state index in [1.165, 1.54) is 0 Å². The van der Waals surface area contributed by atoms with Gasteiger partial charge >= 0.3 is 0 Å². The minimum Gasteiger partial charge on any atom is -0.384 e. The van der Waals surface area contributed by atoms with Crippen LogP contribution in [0.4, 0.5) is 0 Å². The Labute approximate surface area is 140 Å². The maximum atomic E-state index is 12.0. The summed E-state index contributed by atoms with van der Waals surface area (Å²) < 4.78 is 0. The number of nitrogen functional groups attached to an aromatic ring is 2. The summed E-state index contributed by atoms with van der Waals surface area (Å²) in [7, 11) is 0. The summed E-state index contributed by atoms with van der Waals surface area (Å²) in [5.74, 6) is -0.211. The molecule has 0 aliphatic rings. The summed E-state index contributed by atoms with van der Waals surface area (Å²) in [6.07, 6.45) is 3.67. The smallest absolute Gasteiger partial charge is 0.251 e. The zero-order chi connectivity index (χ0) is 17.5. The topological polar surface area (TPSA) is 129 Å². The monoisotopic (exact) mass is 321 g/mol. The highest BCUT2D eigenvalue weighted by molar-refractivity contribution is 5.98. The molecule has 2 aromatic carbocycles. The van der Waals surface area contributed by atoms with E-state index in [0.717, 1.165) is 5.56 Å². The fraction of sp³-hybridized carbons (Fsp3) is 0.0556. The molecule has 0 aliphatic carbocycles. The molecule has 2 rings (SSSR count). The Kier molecular flexibility index (Phi) is 5.46. The van der Waals surface area contributed by atoms with Crippen LogP contribution >= 0.6 is 0 Å². The predicted molar refractivity (Wildman–Crippen MR) is 96.3 cm³/mol. The molecule has 6 heteroatoms. The SMILES string of the molecule is N=C(N)c1ccc(C(=O)NCC=Cc2cccc(C(=N)N)c2)cc1. The molecule has 122 valence electrons. The molecule has 2 aromatic rings. The Morgan fingerprint density at radius 1 is 0.958 bits per heavy atom. The van der Waals surface area contributed by atoms with Crippen LogP contribution in [0.15, 0.2) is 54.6 Å². The number of nitrogens with two attached hydrogens (primary N) is 2. The number of carbonyl (C=O) groups is 1. The number of amides is 1. The Balaban J connectivity index is 1.91. The first-order valence-corrected chi connectivity index (χ1v) is 7.31. The maximum Gasteiger partial charge on any atom is 0.251 e. The molecule has 24 heavy (non-hydrogen) atoms. The van der Waals surface area contributed by atoms with E-state index in [-0.39, 0.29) is 17.6 Å². The Bertz CT molecular complexity index is 793. The molecule has 0 unspecified atom stereocenters. The number of rotatable bonds is 6. The molecule has 7 N–H and O–H groups in total. The van der Waals surface area contributed by atoms with Gasteiger partial charge < -0.3 is 16.8 Å². The van der Waals surface area contributed by atoms with Crippen LogP contribution < -0.4 is 16.8 Å². The van der Waals surface area contributed by atoms with Gasteiger partial charge in [-0.3, -0.25) is 15.6 Å². The Hall–Kier alpha value is -3.41. The Morgan fingerprint density at radius 2 is 1.58 bits per heavy atom. The van der Waals surface area contributed by atoms with Crippen molar-refractivity contribution < 1.29 is 4.79 Å². The summed E-state index contributed by atoms with van der Waals surface area (Å²) in [5.41, 5.74) is 13.5. The van der Waals surface area contributed by atoms with Crippen LogP contribution in [-0.2, 0) is 0 Å². The van der Waals surface area contributed by atoms with Gasteiger partial charge in [0.25, 0.3) is 5.91 Å². The number of benzene rings is 2. The van der Waals surface area contributed by atoms with Crippen molar-refractivity contribution in [2.24, 2.45) is 11.5 Å². The lowest BCUT2D eigenvalue weighted by Gasteiger charge is -2.04. The standard InChI is InChI=1S/C18H19N5O/c19-16(20)13-6-8-14(9-7-13)18(24)23-10-2-4-12-3-1-5-15(11-12)17(21)22/h1-9,11H,10H2,(H3,19,20)(H3,21,22)(H,23,24). The van der Waals surface area contributed by atoms with Crippen LogP contribution in [0, 0.1) is 10.8 Å². The van der Waals surface area contributed by atoms with Crippen LogP contribution in [0.2, 0.25) is 0 Å². The van der Waals surface area contributed by atoms with E-state index in [4.69, 9.17) is 22.3 Å². The molecule has 0 radical (unpaired) electrons. The van der Waals surface area contributed by atoms with Crippen molar-refractivity contribution in [1.82, 2.24) is 5.32 Å². The first-order valence-electron chi connectivity index (χ1n) is 7.31. The normalized spacial score (nSPS) is 10.5. The summed E-state index contributed by atoms with van der Waals surface area (Å²) >= 11 is 0. The van der Waals surface area contributed by atoms with Crippen LogP contribution in [0.1, 0.15) is 27.0 Å². The molecule has 0 aromatic heterocycles. The minimum absolute atomic E-state index is 0.0209. The van der Waals surface area contributed by atoms with Gasteiger partial charge in [0.05, 0.1) is 0 Å². The number of nitrogens with one attached hydrogen (secondary N) is 3.